The second kappa shape index (κ2) is 5.40. The van der Waals surface area contributed by atoms with Crippen molar-refractivity contribution in [3.63, 3.8) is 0 Å². The van der Waals surface area contributed by atoms with E-state index in [-0.39, 0.29) is 11.2 Å². The van der Waals surface area contributed by atoms with Crippen LogP contribution in [0, 0.1) is 0 Å². The molecule has 0 aromatic heterocycles. The van der Waals surface area contributed by atoms with E-state index in [1.165, 1.54) is 0 Å². The fraction of sp³-hybridized carbons (Fsp3) is 0.267. The van der Waals surface area contributed by atoms with E-state index in [1.807, 2.05) is 61.5 Å². The molecule has 1 aromatic carbocycles. The zero-order valence-electron chi connectivity index (χ0n) is 10.6. The van der Waals surface area contributed by atoms with Gasteiger partial charge in [-0.1, -0.05) is 30.3 Å². The summed E-state index contributed by atoms with van der Waals surface area (Å²) >= 11 is 6.23. The smallest absolute Gasteiger partial charge is 0.166 e. The molecule has 1 unspecified atom stereocenters. The van der Waals surface area contributed by atoms with Gasteiger partial charge in [-0.15, -0.1) is 11.6 Å². The van der Waals surface area contributed by atoms with Crippen LogP contribution in [0.5, 0.6) is 0 Å². The SMILES string of the molecule is CN(C)C1=CC(Cl)C(CC(=O)c2ccccc2)=C1. The van der Waals surface area contributed by atoms with Crippen molar-refractivity contribution in [1.29, 1.82) is 0 Å². The van der Waals surface area contributed by atoms with Crippen molar-refractivity contribution in [2.45, 2.75) is 11.8 Å². The van der Waals surface area contributed by atoms with Gasteiger partial charge in [0.05, 0.1) is 5.38 Å². The maximum Gasteiger partial charge on any atom is 0.166 e. The zero-order valence-corrected chi connectivity index (χ0v) is 11.3. The molecule has 2 rings (SSSR count). The minimum absolute atomic E-state index is 0.112. The van der Waals surface area contributed by atoms with Crippen LogP contribution in [-0.2, 0) is 0 Å². The first-order valence-electron chi connectivity index (χ1n) is 5.90. The van der Waals surface area contributed by atoms with E-state index >= 15 is 0 Å². The van der Waals surface area contributed by atoms with Gasteiger partial charge in [0.1, 0.15) is 0 Å². The van der Waals surface area contributed by atoms with Gasteiger partial charge in [0, 0.05) is 31.8 Å². The zero-order chi connectivity index (χ0) is 13.1. The molecule has 1 atom stereocenters. The van der Waals surface area contributed by atoms with Gasteiger partial charge in [0.15, 0.2) is 5.78 Å². The number of likely N-dealkylation sites (N-methyl/N-ethyl adjacent to an activating group) is 1. The lowest BCUT2D eigenvalue weighted by Crippen LogP contribution is -2.07. The fourth-order valence-electron chi connectivity index (χ4n) is 1.91. The number of nitrogens with zero attached hydrogens (tertiary/aromatic N) is 1. The number of carbonyl (C=O) groups excluding carboxylic acids is 1. The maximum atomic E-state index is 12.1. The summed E-state index contributed by atoms with van der Waals surface area (Å²) in [6.45, 7) is 0. The van der Waals surface area contributed by atoms with Gasteiger partial charge in [-0.2, -0.15) is 0 Å². The summed E-state index contributed by atoms with van der Waals surface area (Å²) in [6.07, 6.45) is 4.35. The number of benzene rings is 1. The highest BCUT2D eigenvalue weighted by atomic mass is 35.5. The van der Waals surface area contributed by atoms with Crippen LogP contribution in [0.3, 0.4) is 0 Å². The maximum absolute atomic E-state index is 12.1. The third-order valence-electron chi connectivity index (χ3n) is 2.98. The Morgan fingerprint density at radius 2 is 1.94 bits per heavy atom. The number of halogens is 1. The van der Waals surface area contributed by atoms with E-state index in [4.69, 9.17) is 11.6 Å². The molecule has 0 spiro atoms. The minimum Gasteiger partial charge on any atom is -0.378 e. The molecule has 18 heavy (non-hydrogen) atoms. The number of hydrogen-bond acceptors (Lipinski definition) is 2. The molecule has 1 aliphatic carbocycles. The van der Waals surface area contributed by atoms with Crippen LogP contribution in [0.4, 0.5) is 0 Å². The minimum atomic E-state index is -0.171. The number of carbonyl (C=O) groups is 1. The highest BCUT2D eigenvalue weighted by Crippen LogP contribution is 2.27. The summed E-state index contributed by atoms with van der Waals surface area (Å²) in [4.78, 5) is 14.1. The second-order valence-electron chi connectivity index (χ2n) is 4.57. The van der Waals surface area contributed by atoms with E-state index in [2.05, 4.69) is 0 Å². The number of hydrogen-bond donors (Lipinski definition) is 0. The highest BCUT2D eigenvalue weighted by molar-refractivity contribution is 6.24. The molecule has 0 amide bonds. The lowest BCUT2D eigenvalue weighted by Gasteiger charge is -2.10. The Balaban J connectivity index is 2.08. The van der Waals surface area contributed by atoms with Crippen LogP contribution >= 0.6 is 11.6 Å². The first kappa shape index (κ1) is 12.9. The van der Waals surface area contributed by atoms with Crippen molar-refractivity contribution in [3.8, 4) is 0 Å². The van der Waals surface area contributed by atoms with Gasteiger partial charge in [-0.05, 0) is 17.7 Å². The van der Waals surface area contributed by atoms with Crippen LogP contribution in [0.15, 0.2) is 53.8 Å². The Morgan fingerprint density at radius 1 is 1.28 bits per heavy atom. The number of Topliss-reactive ketones (excluding diaryl/α,β-unsaturated/α-hetero) is 1. The summed E-state index contributed by atoms with van der Waals surface area (Å²) < 4.78 is 0. The van der Waals surface area contributed by atoms with Gasteiger partial charge in [0.2, 0.25) is 0 Å². The number of rotatable bonds is 4. The van der Waals surface area contributed by atoms with Gasteiger partial charge < -0.3 is 4.90 Å². The van der Waals surface area contributed by atoms with E-state index in [1.54, 1.807) is 0 Å². The van der Waals surface area contributed by atoms with E-state index < -0.39 is 0 Å². The van der Waals surface area contributed by atoms with Crippen molar-refractivity contribution in [2.75, 3.05) is 14.1 Å². The Bertz CT molecular complexity index is 502. The number of alkyl halides is 1. The lowest BCUT2D eigenvalue weighted by molar-refractivity contribution is 0.0992. The monoisotopic (exact) mass is 261 g/mol. The van der Waals surface area contributed by atoms with Crippen molar-refractivity contribution < 1.29 is 4.79 Å². The Labute approximate surface area is 113 Å². The molecule has 0 saturated heterocycles. The van der Waals surface area contributed by atoms with Gasteiger partial charge >= 0.3 is 0 Å². The summed E-state index contributed by atoms with van der Waals surface area (Å²) in [5.74, 6) is 0.112. The van der Waals surface area contributed by atoms with Gasteiger partial charge in [0.25, 0.3) is 0 Å². The standard InChI is InChI=1S/C15H16ClNO/c1-17(2)13-8-12(14(16)10-13)9-15(18)11-6-4-3-5-7-11/h3-8,10,14H,9H2,1-2H3. The molecule has 1 aliphatic rings. The first-order valence-corrected chi connectivity index (χ1v) is 6.33. The number of ketones is 1. The lowest BCUT2D eigenvalue weighted by atomic mass is 10.0. The van der Waals surface area contributed by atoms with E-state index in [0.29, 0.717) is 6.42 Å². The van der Waals surface area contributed by atoms with Gasteiger partial charge in [-0.3, -0.25) is 4.79 Å². The molecular weight excluding hydrogens is 246 g/mol. The van der Waals surface area contributed by atoms with Crippen LogP contribution in [-0.4, -0.2) is 30.2 Å². The van der Waals surface area contributed by atoms with Crippen molar-refractivity contribution in [2.24, 2.45) is 0 Å². The second-order valence-corrected chi connectivity index (χ2v) is 5.04. The molecule has 0 fully saturated rings. The summed E-state index contributed by atoms with van der Waals surface area (Å²) in [7, 11) is 3.93. The first-order chi connectivity index (χ1) is 8.58. The summed E-state index contributed by atoms with van der Waals surface area (Å²) in [6, 6.07) is 9.32. The largest absolute Gasteiger partial charge is 0.378 e. The third-order valence-corrected chi connectivity index (χ3v) is 3.39. The highest BCUT2D eigenvalue weighted by Gasteiger charge is 2.20. The molecular formula is C15H16ClNO. The summed E-state index contributed by atoms with van der Waals surface area (Å²) in [5.41, 5.74) is 2.76. The molecule has 2 nitrogen and oxygen atoms in total. The fourth-order valence-corrected chi connectivity index (χ4v) is 2.18. The van der Waals surface area contributed by atoms with E-state index in [9.17, 15) is 4.79 Å². The van der Waals surface area contributed by atoms with Crippen LogP contribution in [0.1, 0.15) is 16.8 Å². The topological polar surface area (TPSA) is 20.3 Å². The molecule has 0 aliphatic heterocycles. The quantitative estimate of drug-likeness (QED) is 0.613. The van der Waals surface area contributed by atoms with Crippen molar-refractivity contribution >= 4 is 17.4 Å². The Kier molecular flexibility index (Phi) is 3.87. The predicted molar refractivity (Wildman–Crippen MR) is 74.9 cm³/mol. The molecule has 0 saturated carbocycles. The Morgan fingerprint density at radius 3 is 2.50 bits per heavy atom. The summed E-state index contributed by atoms with van der Waals surface area (Å²) in [5, 5.41) is -0.171. The molecule has 0 bridgehead atoms. The van der Waals surface area contributed by atoms with Crippen molar-refractivity contribution in [3.05, 3.63) is 59.3 Å². The third kappa shape index (κ3) is 2.82. The van der Waals surface area contributed by atoms with Crippen LogP contribution < -0.4 is 0 Å². The predicted octanol–water partition coefficient (Wildman–Crippen LogP) is 3.25. The normalized spacial score (nSPS) is 18.3. The average molecular weight is 262 g/mol. The van der Waals surface area contributed by atoms with Crippen LogP contribution in [0.2, 0.25) is 0 Å². The Hall–Kier alpha value is -1.54. The van der Waals surface area contributed by atoms with Crippen molar-refractivity contribution in [1.82, 2.24) is 4.90 Å². The molecule has 94 valence electrons. The van der Waals surface area contributed by atoms with Crippen LogP contribution in [0.25, 0.3) is 0 Å². The molecule has 3 heteroatoms. The molecule has 0 N–H and O–H groups in total. The molecule has 0 heterocycles. The average Bonchev–Trinajstić information content (AvgIpc) is 2.72. The molecule has 1 aromatic rings. The molecule has 0 radical (unpaired) electrons. The van der Waals surface area contributed by atoms with E-state index in [0.717, 1.165) is 16.8 Å². The number of allylic oxidation sites excluding steroid dienone is 3. The van der Waals surface area contributed by atoms with Gasteiger partial charge in [-0.25, -0.2) is 0 Å².